The summed E-state index contributed by atoms with van der Waals surface area (Å²) in [5, 5.41) is 15.9. The number of carbonyl (C=O) groups is 4. The summed E-state index contributed by atoms with van der Waals surface area (Å²) >= 11 is 0. The summed E-state index contributed by atoms with van der Waals surface area (Å²) in [5.41, 5.74) is 3.50. The molecule has 1 fully saturated rings. The SMILES string of the molecule is COc1cccc2[nH]c(C(=O)N[C@@H](CC(C)C)C(=O)NN(C[C@@H]3CCNC3=O)C(=O)/C=C\C#N)cc12. The van der Waals surface area contributed by atoms with E-state index in [9.17, 15) is 19.2 Å². The number of aromatic nitrogens is 1. The molecule has 11 nitrogen and oxygen atoms in total. The number of H-pyrrole nitrogens is 1. The lowest BCUT2D eigenvalue weighted by Crippen LogP contribution is -2.55. The van der Waals surface area contributed by atoms with Crippen molar-refractivity contribution in [3.63, 3.8) is 0 Å². The van der Waals surface area contributed by atoms with Crippen LogP contribution in [0.25, 0.3) is 10.9 Å². The second-order valence-electron chi connectivity index (χ2n) is 8.92. The van der Waals surface area contributed by atoms with Crippen molar-refractivity contribution in [2.24, 2.45) is 11.8 Å². The number of methoxy groups -OCH3 is 1. The summed E-state index contributed by atoms with van der Waals surface area (Å²) < 4.78 is 5.34. The maximum Gasteiger partial charge on any atom is 0.268 e. The highest BCUT2D eigenvalue weighted by atomic mass is 16.5. The summed E-state index contributed by atoms with van der Waals surface area (Å²) in [6.45, 7) is 4.23. The third kappa shape index (κ3) is 6.41. The number of nitrogens with zero attached hydrogens (tertiary/aromatic N) is 2. The molecule has 36 heavy (non-hydrogen) atoms. The highest BCUT2D eigenvalue weighted by Gasteiger charge is 2.31. The Morgan fingerprint density at radius 1 is 1.33 bits per heavy atom. The Kier molecular flexibility index (Phi) is 8.67. The fourth-order valence-electron chi connectivity index (χ4n) is 4.01. The number of hydrazine groups is 1. The van der Waals surface area contributed by atoms with Gasteiger partial charge in [-0.05, 0) is 37.0 Å². The molecule has 2 heterocycles. The normalized spacial score (nSPS) is 16.0. The summed E-state index contributed by atoms with van der Waals surface area (Å²) in [7, 11) is 1.54. The number of aromatic amines is 1. The summed E-state index contributed by atoms with van der Waals surface area (Å²) in [5.74, 6) is -1.81. The smallest absolute Gasteiger partial charge is 0.268 e. The average molecular weight is 495 g/mol. The van der Waals surface area contributed by atoms with Gasteiger partial charge in [0.25, 0.3) is 17.7 Å². The zero-order valence-electron chi connectivity index (χ0n) is 20.5. The van der Waals surface area contributed by atoms with Crippen LogP contribution in [0.1, 0.15) is 37.2 Å². The van der Waals surface area contributed by atoms with Crippen molar-refractivity contribution >= 4 is 34.5 Å². The molecule has 0 aliphatic carbocycles. The molecule has 3 rings (SSSR count). The predicted molar refractivity (Wildman–Crippen MR) is 131 cm³/mol. The van der Waals surface area contributed by atoms with Crippen molar-refractivity contribution in [2.75, 3.05) is 20.2 Å². The molecule has 2 aromatic rings. The largest absolute Gasteiger partial charge is 0.496 e. The zero-order chi connectivity index (χ0) is 26.2. The van der Waals surface area contributed by atoms with Crippen LogP contribution in [-0.4, -0.2) is 59.9 Å². The molecule has 1 aliphatic rings. The fourth-order valence-corrected chi connectivity index (χ4v) is 4.01. The lowest BCUT2D eigenvalue weighted by Gasteiger charge is -2.27. The number of hydrogen-bond acceptors (Lipinski definition) is 6. The number of nitriles is 1. The lowest BCUT2D eigenvalue weighted by molar-refractivity contribution is -0.140. The Bertz CT molecular complexity index is 1210. The monoisotopic (exact) mass is 494 g/mol. The molecule has 11 heteroatoms. The highest BCUT2D eigenvalue weighted by molar-refractivity contribution is 6.01. The Morgan fingerprint density at radius 2 is 2.11 bits per heavy atom. The molecule has 4 N–H and O–H groups in total. The maximum absolute atomic E-state index is 13.2. The second kappa shape index (κ2) is 11.9. The number of allylic oxidation sites excluding steroid dienone is 1. The van der Waals surface area contributed by atoms with Crippen molar-refractivity contribution in [3.8, 4) is 11.8 Å². The van der Waals surface area contributed by atoms with Crippen molar-refractivity contribution < 1.29 is 23.9 Å². The molecule has 0 bridgehead atoms. The first-order chi connectivity index (χ1) is 17.2. The molecular weight excluding hydrogens is 464 g/mol. The molecule has 1 aromatic heterocycles. The van der Waals surface area contributed by atoms with Gasteiger partial charge in [0.15, 0.2) is 0 Å². The Hall–Kier alpha value is -4.33. The topological polar surface area (TPSA) is 156 Å². The first-order valence-corrected chi connectivity index (χ1v) is 11.7. The van der Waals surface area contributed by atoms with E-state index < -0.39 is 29.7 Å². The molecule has 2 atom stereocenters. The van der Waals surface area contributed by atoms with Gasteiger partial charge >= 0.3 is 0 Å². The molecule has 0 unspecified atom stereocenters. The third-order valence-electron chi connectivity index (χ3n) is 5.80. The molecule has 4 amide bonds. The van der Waals surface area contributed by atoms with E-state index in [0.29, 0.717) is 30.7 Å². The number of fused-ring (bicyclic) bond motifs is 1. The lowest BCUT2D eigenvalue weighted by atomic mass is 10.0. The van der Waals surface area contributed by atoms with Gasteiger partial charge in [-0.25, -0.2) is 5.01 Å². The van der Waals surface area contributed by atoms with Crippen molar-refractivity contribution in [2.45, 2.75) is 32.7 Å². The van der Waals surface area contributed by atoms with Gasteiger partial charge < -0.3 is 20.4 Å². The molecule has 1 aromatic carbocycles. The summed E-state index contributed by atoms with van der Waals surface area (Å²) in [6, 6.07) is 7.81. The summed E-state index contributed by atoms with van der Waals surface area (Å²) in [4.78, 5) is 54.0. The molecule has 0 radical (unpaired) electrons. The molecule has 0 saturated carbocycles. The molecule has 190 valence electrons. The van der Waals surface area contributed by atoms with Gasteiger partial charge in [0.05, 0.1) is 25.6 Å². The fraction of sp³-hybridized carbons (Fsp3) is 0.400. The van der Waals surface area contributed by atoms with Crippen LogP contribution in [0.5, 0.6) is 5.75 Å². The van der Waals surface area contributed by atoms with Crippen molar-refractivity contribution in [3.05, 3.63) is 42.1 Å². The number of ether oxygens (including phenoxy) is 1. The van der Waals surface area contributed by atoms with E-state index >= 15 is 0 Å². The molecule has 0 spiro atoms. The number of carbonyl (C=O) groups excluding carboxylic acids is 4. The van der Waals surface area contributed by atoms with Crippen LogP contribution < -0.4 is 20.8 Å². The van der Waals surface area contributed by atoms with Gasteiger partial charge in [-0.3, -0.25) is 24.6 Å². The van der Waals surface area contributed by atoms with Crippen LogP contribution in [-0.2, 0) is 14.4 Å². The van der Waals surface area contributed by atoms with E-state index in [4.69, 9.17) is 10.00 Å². The average Bonchev–Trinajstić information content (AvgIpc) is 3.47. The van der Waals surface area contributed by atoms with Gasteiger partial charge in [0.2, 0.25) is 5.91 Å². The zero-order valence-corrected chi connectivity index (χ0v) is 20.5. The van der Waals surface area contributed by atoms with Crippen LogP contribution in [0.15, 0.2) is 36.4 Å². The van der Waals surface area contributed by atoms with Crippen LogP contribution in [0, 0.1) is 23.2 Å². The number of rotatable bonds is 9. The Balaban J connectivity index is 1.78. The van der Waals surface area contributed by atoms with Crippen LogP contribution in [0.3, 0.4) is 0 Å². The van der Waals surface area contributed by atoms with Crippen molar-refractivity contribution in [1.29, 1.82) is 5.26 Å². The summed E-state index contributed by atoms with van der Waals surface area (Å²) in [6.07, 6.45) is 2.83. The van der Waals surface area contributed by atoms with Crippen LogP contribution in [0.2, 0.25) is 0 Å². The van der Waals surface area contributed by atoms with Gasteiger partial charge in [-0.15, -0.1) is 0 Å². The van der Waals surface area contributed by atoms with Gasteiger partial charge in [-0.1, -0.05) is 19.9 Å². The number of hydrogen-bond donors (Lipinski definition) is 4. The molecule has 1 aliphatic heterocycles. The third-order valence-corrected chi connectivity index (χ3v) is 5.80. The van der Waals surface area contributed by atoms with Gasteiger partial charge in [0.1, 0.15) is 17.5 Å². The first kappa shape index (κ1) is 26.3. The molecule has 1 saturated heterocycles. The van der Waals surface area contributed by atoms with E-state index in [1.54, 1.807) is 31.4 Å². The second-order valence-corrected chi connectivity index (χ2v) is 8.92. The Morgan fingerprint density at radius 3 is 2.75 bits per heavy atom. The van der Waals surface area contributed by atoms with Gasteiger partial charge in [0, 0.05) is 29.6 Å². The number of amides is 4. The van der Waals surface area contributed by atoms with Crippen molar-refractivity contribution in [1.82, 2.24) is 26.1 Å². The number of benzene rings is 1. The van der Waals surface area contributed by atoms with E-state index in [1.807, 2.05) is 19.9 Å². The molecular formula is C25H30N6O5. The minimum absolute atomic E-state index is 0.0482. The highest BCUT2D eigenvalue weighted by Crippen LogP contribution is 2.26. The van der Waals surface area contributed by atoms with Gasteiger partial charge in [-0.2, -0.15) is 5.26 Å². The quantitative estimate of drug-likeness (QED) is 0.234. The van der Waals surface area contributed by atoms with Crippen LogP contribution >= 0.6 is 0 Å². The number of nitrogens with one attached hydrogen (secondary N) is 4. The maximum atomic E-state index is 13.2. The standard InChI is InChI=1S/C25H30N6O5/c1-15(2)12-19(29-24(34)20-13-17-18(28-20)6-4-7-21(17)36-3)25(35)30-31(22(32)8-5-10-26)14-16-9-11-27-23(16)33/h4-8,13,15-16,19,28H,9,11-12,14H2,1-3H3,(H,27,33)(H,29,34)(H,30,35)/b8-5-/t16-,19-/m0/s1. The predicted octanol–water partition coefficient (Wildman–Crippen LogP) is 1.40. The van der Waals surface area contributed by atoms with E-state index in [1.165, 1.54) is 0 Å². The minimum atomic E-state index is -0.960. The van der Waals surface area contributed by atoms with Crippen LogP contribution in [0.4, 0.5) is 0 Å². The Labute approximate surface area is 208 Å². The van der Waals surface area contributed by atoms with E-state index in [-0.39, 0.29) is 24.1 Å². The van der Waals surface area contributed by atoms with E-state index in [2.05, 4.69) is 21.0 Å². The van der Waals surface area contributed by atoms with E-state index in [0.717, 1.165) is 22.5 Å². The first-order valence-electron chi connectivity index (χ1n) is 11.7. The minimum Gasteiger partial charge on any atom is -0.496 e.